The number of nitrogen functional groups attached to an aromatic ring is 1. The van der Waals surface area contributed by atoms with E-state index >= 15 is 0 Å². The standard InChI is InChI=1S/C25H24F3N7O2/c1-3-19(36)32-13-14(2)23-34-20(21-22(29)31-10-11-35(21)23)15-4-6-16(7-5-15)24(37)33-18-12-17(8-9-30-18)25(26,27)28/h4-12,14H,3,13H2,1-2H3,(H2,29,31)(H,32,36)(H,30,33,37)/t14-/m1/s1. The summed E-state index contributed by atoms with van der Waals surface area (Å²) in [5.74, 6) is -0.0924. The molecular formula is C25H24F3N7O2. The first-order valence-corrected chi connectivity index (χ1v) is 11.4. The highest BCUT2D eigenvalue weighted by Gasteiger charge is 2.31. The lowest BCUT2D eigenvalue weighted by atomic mass is 10.1. The molecule has 2 amide bonds. The van der Waals surface area contributed by atoms with Crippen molar-refractivity contribution in [2.75, 3.05) is 17.6 Å². The molecule has 12 heteroatoms. The zero-order valence-electron chi connectivity index (χ0n) is 20.0. The van der Waals surface area contributed by atoms with Crippen LogP contribution in [-0.2, 0) is 11.0 Å². The van der Waals surface area contributed by atoms with Crippen LogP contribution in [0.2, 0.25) is 0 Å². The molecule has 0 aliphatic heterocycles. The van der Waals surface area contributed by atoms with Gasteiger partial charge in [-0.3, -0.25) is 14.0 Å². The van der Waals surface area contributed by atoms with E-state index in [1.165, 1.54) is 12.1 Å². The van der Waals surface area contributed by atoms with Crippen LogP contribution in [0.25, 0.3) is 16.8 Å². The van der Waals surface area contributed by atoms with Crippen LogP contribution in [0.15, 0.2) is 55.0 Å². The van der Waals surface area contributed by atoms with Gasteiger partial charge in [-0.25, -0.2) is 15.0 Å². The number of anilines is 2. The van der Waals surface area contributed by atoms with Gasteiger partial charge in [0.1, 0.15) is 28.7 Å². The molecule has 4 rings (SSSR count). The van der Waals surface area contributed by atoms with Gasteiger partial charge in [0.05, 0.1) is 5.56 Å². The SMILES string of the molecule is CCC(=O)NC[C@@H](C)c1nc(-c2ccc(C(=O)Nc3cc(C(F)(F)F)ccn3)cc2)c2c(N)nccn12. The Morgan fingerprint density at radius 3 is 2.51 bits per heavy atom. The number of nitrogens with zero attached hydrogens (tertiary/aromatic N) is 4. The zero-order chi connectivity index (χ0) is 26.7. The van der Waals surface area contributed by atoms with Gasteiger partial charge in [-0.1, -0.05) is 26.0 Å². The summed E-state index contributed by atoms with van der Waals surface area (Å²) in [5.41, 5.74) is 7.25. The summed E-state index contributed by atoms with van der Waals surface area (Å²) in [6.07, 6.45) is 0.104. The number of nitrogens with two attached hydrogens (primary N) is 1. The fraction of sp³-hybridized carbons (Fsp3) is 0.240. The number of hydrogen-bond donors (Lipinski definition) is 3. The van der Waals surface area contributed by atoms with Crippen molar-refractivity contribution in [3.8, 4) is 11.3 Å². The summed E-state index contributed by atoms with van der Waals surface area (Å²) in [5, 5.41) is 5.24. The largest absolute Gasteiger partial charge is 0.416 e. The van der Waals surface area contributed by atoms with Crippen molar-refractivity contribution in [3.63, 3.8) is 0 Å². The van der Waals surface area contributed by atoms with E-state index in [9.17, 15) is 22.8 Å². The van der Waals surface area contributed by atoms with E-state index in [-0.39, 0.29) is 29.0 Å². The first-order valence-electron chi connectivity index (χ1n) is 11.4. The van der Waals surface area contributed by atoms with E-state index in [2.05, 4.69) is 20.6 Å². The molecule has 0 unspecified atom stereocenters. The van der Waals surface area contributed by atoms with Gasteiger partial charge in [0.15, 0.2) is 0 Å². The van der Waals surface area contributed by atoms with Crippen molar-refractivity contribution in [2.24, 2.45) is 0 Å². The third-order valence-electron chi connectivity index (χ3n) is 5.73. The maximum Gasteiger partial charge on any atom is 0.416 e. The van der Waals surface area contributed by atoms with Crippen LogP contribution in [0, 0.1) is 0 Å². The van der Waals surface area contributed by atoms with Crippen molar-refractivity contribution in [2.45, 2.75) is 32.4 Å². The van der Waals surface area contributed by atoms with Gasteiger partial charge in [-0.05, 0) is 24.3 Å². The Hall–Kier alpha value is -4.48. The van der Waals surface area contributed by atoms with Gasteiger partial charge < -0.3 is 16.4 Å². The molecule has 3 aromatic heterocycles. The van der Waals surface area contributed by atoms with Crippen LogP contribution < -0.4 is 16.4 Å². The van der Waals surface area contributed by atoms with Crippen LogP contribution in [0.1, 0.15) is 47.9 Å². The topological polar surface area (TPSA) is 127 Å². The minimum absolute atomic E-state index is 0.0664. The Kier molecular flexibility index (Phi) is 7.09. The number of carbonyl (C=O) groups excluding carboxylic acids is 2. The molecule has 37 heavy (non-hydrogen) atoms. The van der Waals surface area contributed by atoms with Gasteiger partial charge in [0, 0.05) is 48.6 Å². The lowest BCUT2D eigenvalue weighted by Gasteiger charge is -2.11. The molecule has 0 saturated heterocycles. The average Bonchev–Trinajstić information content (AvgIpc) is 3.28. The monoisotopic (exact) mass is 511 g/mol. The molecule has 4 aromatic rings. The average molecular weight is 512 g/mol. The number of nitrogens with one attached hydrogen (secondary N) is 2. The molecule has 1 atom stereocenters. The van der Waals surface area contributed by atoms with Crippen molar-refractivity contribution >= 4 is 29.0 Å². The number of imidazole rings is 1. The maximum absolute atomic E-state index is 12.9. The molecular weight excluding hydrogens is 487 g/mol. The van der Waals surface area contributed by atoms with Crippen molar-refractivity contribution in [3.05, 3.63) is 71.9 Å². The molecule has 0 saturated carbocycles. The predicted molar refractivity (Wildman–Crippen MR) is 132 cm³/mol. The zero-order valence-corrected chi connectivity index (χ0v) is 20.0. The first kappa shape index (κ1) is 25.6. The van der Waals surface area contributed by atoms with Crippen molar-refractivity contribution < 1.29 is 22.8 Å². The molecule has 0 fully saturated rings. The number of pyridine rings is 1. The Bertz CT molecular complexity index is 1450. The van der Waals surface area contributed by atoms with Crippen LogP contribution in [0.4, 0.5) is 24.8 Å². The van der Waals surface area contributed by atoms with Crippen molar-refractivity contribution in [1.29, 1.82) is 0 Å². The van der Waals surface area contributed by atoms with Crippen LogP contribution >= 0.6 is 0 Å². The molecule has 9 nitrogen and oxygen atoms in total. The number of carbonyl (C=O) groups is 2. The number of fused-ring (bicyclic) bond motifs is 1. The van der Waals surface area contributed by atoms with Crippen molar-refractivity contribution in [1.82, 2.24) is 24.7 Å². The van der Waals surface area contributed by atoms with E-state index in [0.717, 1.165) is 18.3 Å². The number of halogens is 3. The molecule has 0 spiro atoms. The second-order valence-corrected chi connectivity index (χ2v) is 8.37. The summed E-state index contributed by atoms with van der Waals surface area (Å²) in [6.45, 7) is 4.09. The maximum atomic E-state index is 12.9. The third kappa shape index (κ3) is 5.52. The van der Waals surface area contributed by atoms with Gasteiger partial charge in [-0.15, -0.1) is 0 Å². The number of alkyl halides is 3. The molecule has 3 heterocycles. The lowest BCUT2D eigenvalue weighted by molar-refractivity contribution is -0.137. The van der Waals surface area contributed by atoms with Gasteiger partial charge >= 0.3 is 6.18 Å². The smallest absolute Gasteiger partial charge is 0.382 e. The highest BCUT2D eigenvalue weighted by molar-refractivity contribution is 6.04. The molecule has 1 aromatic carbocycles. The molecule has 0 bridgehead atoms. The minimum Gasteiger partial charge on any atom is -0.382 e. The van der Waals surface area contributed by atoms with Crippen LogP contribution in [-0.4, -0.2) is 37.7 Å². The predicted octanol–water partition coefficient (Wildman–Crippen LogP) is 4.27. The number of hydrogen-bond acceptors (Lipinski definition) is 6. The summed E-state index contributed by atoms with van der Waals surface area (Å²) in [7, 11) is 0. The fourth-order valence-corrected chi connectivity index (χ4v) is 3.76. The van der Waals surface area contributed by atoms with Crippen LogP contribution in [0.3, 0.4) is 0 Å². The van der Waals surface area contributed by atoms with Gasteiger partial charge in [-0.2, -0.15) is 13.2 Å². The fourth-order valence-electron chi connectivity index (χ4n) is 3.76. The number of amides is 2. The Morgan fingerprint density at radius 1 is 1.11 bits per heavy atom. The summed E-state index contributed by atoms with van der Waals surface area (Å²) < 4.78 is 40.6. The molecule has 192 valence electrons. The normalized spacial score (nSPS) is 12.4. The molecule has 0 aliphatic rings. The Balaban J connectivity index is 1.60. The van der Waals surface area contributed by atoms with E-state index in [0.29, 0.717) is 35.6 Å². The second-order valence-electron chi connectivity index (χ2n) is 8.37. The molecule has 0 aliphatic carbocycles. The minimum atomic E-state index is -4.55. The highest BCUT2D eigenvalue weighted by Crippen LogP contribution is 2.31. The summed E-state index contributed by atoms with van der Waals surface area (Å²) in [6, 6.07) is 7.98. The van der Waals surface area contributed by atoms with E-state index in [1.807, 2.05) is 11.3 Å². The van der Waals surface area contributed by atoms with E-state index < -0.39 is 17.6 Å². The Morgan fingerprint density at radius 2 is 1.84 bits per heavy atom. The second kappa shape index (κ2) is 10.2. The molecule has 4 N–H and O–H groups in total. The van der Waals surface area contributed by atoms with E-state index in [1.54, 1.807) is 31.5 Å². The number of rotatable bonds is 7. The third-order valence-corrected chi connectivity index (χ3v) is 5.73. The summed E-state index contributed by atoms with van der Waals surface area (Å²) in [4.78, 5) is 37.0. The molecule has 0 radical (unpaired) electrons. The lowest BCUT2D eigenvalue weighted by Crippen LogP contribution is -2.27. The van der Waals surface area contributed by atoms with E-state index in [4.69, 9.17) is 10.7 Å². The van der Waals surface area contributed by atoms with Gasteiger partial charge in [0.2, 0.25) is 5.91 Å². The summed E-state index contributed by atoms with van der Waals surface area (Å²) >= 11 is 0. The van der Waals surface area contributed by atoms with Crippen LogP contribution in [0.5, 0.6) is 0 Å². The highest BCUT2D eigenvalue weighted by atomic mass is 19.4. The Labute approximate surface area is 210 Å². The number of benzene rings is 1. The number of aromatic nitrogens is 4. The van der Waals surface area contributed by atoms with Gasteiger partial charge in [0.25, 0.3) is 5.91 Å². The first-order chi connectivity index (χ1) is 17.6. The quantitative estimate of drug-likeness (QED) is 0.340.